The van der Waals surface area contributed by atoms with Crippen LogP contribution in [-0.4, -0.2) is 43.4 Å². The predicted octanol–water partition coefficient (Wildman–Crippen LogP) is 2.86. The van der Waals surface area contributed by atoms with Gasteiger partial charge in [-0.1, -0.05) is 0 Å². The normalized spacial score (nSPS) is 24.7. The average Bonchev–Trinajstić information content (AvgIpc) is 3.17. The van der Waals surface area contributed by atoms with E-state index in [-0.39, 0.29) is 34.4 Å². The summed E-state index contributed by atoms with van der Waals surface area (Å²) in [6.45, 7) is 8.85. The van der Waals surface area contributed by atoms with Crippen molar-refractivity contribution in [2.75, 3.05) is 17.7 Å². The van der Waals surface area contributed by atoms with Crippen LogP contribution < -0.4 is 10.9 Å². The first-order valence-electron chi connectivity index (χ1n) is 9.70. The van der Waals surface area contributed by atoms with E-state index in [9.17, 15) is 9.59 Å². The first-order valence-corrected chi connectivity index (χ1v) is 10.7. The second kappa shape index (κ2) is 7.11. The number of ether oxygens (including phenoxy) is 1. The van der Waals surface area contributed by atoms with Gasteiger partial charge in [-0.25, -0.2) is 0 Å². The van der Waals surface area contributed by atoms with Gasteiger partial charge in [-0.05, 0) is 46.6 Å². The minimum absolute atomic E-state index is 0.0688. The summed E-state index contributed by atoms with van der Waals surface area (Å²) < 4.78 is 9.61. The van der Waals surface area contributed by atoms with E-state index < -0.39 is 0 Å². The smallest absolute Gasteiger partial charge is 0.271 e. The monoisotopic (exact) mass is 405 g/mol. The van der Waals surface area contributed by atoms with E-state index in [0.29, 0.717) is 23.7 Å². The molecule has 0 radical (unpaired) electrons. The SMILES string of the molecule is CC(C)n1nccc1[C@H]1SCC(=O)Nc2c1c(=O)[nH]n2[C@H]1CCOC(C)(C)C1. The number of H-pyrrole nitrogens is 1. The molecule has 2 aromatic rings. The molecule has 2 aromatic heterocycles. The van der Waals surface area contributed by atoms with E-state index in [4.69, 9.17) is 4.74 Å². The number of carbonyl (C=O) groups is 1. The molecule has 152 valence electrons. The number of anilines is 1. The van der Waals surface area contributed by atoms with Crippen LogP contribution in [0.15, 0.2) is 17.1 Å². The summed E-state index contributed by atoms with van der Waals surface area (Å²) in [7, 11) is 0. The molecule has 0 bridgehead atoms. The molecule has 9 heteroatoms. The van der Waals surface area contributed by atoms with Crippen LogP contribution >= 0.6 is 11.8 Å². The maximum absolute atomic E-state index is 13.0. The van der Waals surface area contributed by atoms with Gasteiger partial charge >= 0.3 is 0 Å². The number of hydrogen-bond donors (Lipinski definition) is 2. The zero-order valence-corrected chi connectivity index (χ0v) is 17.5. The number of amides is 1. The van der Waals surface area contributed by atoms with E-state index in [2.05, 4.69) is 43.2 Å². The molecule has 2 aliphatic heterocycles. The molecule has 2 atom stereocenters. The van der Waals surface area contributed by atoms with Crippen molar-refractivity contribution >= 4 is 23.5 Å². The quantitative estimate of drug-likeness (QED) is 0.819. The van der Waals surface area contributed by atoms with Crippen molar-refractivity contribution in [3.8, 4) is 0 Å². The standard InChI is InChI=1S/C19H27N5O3S/c1-11(2)23-13(5-7-20-23)16-15-17(21-14(25)10-28-16)24(22-18(15)26)12-6-8-27-19(3,4)9-12/h5,7,11-12,16H,6,8-10H2,1-4H3,(H,21,25)(H,22,26)/t12-,16+/m0/s1. The number of rotatable bonds is 3. The van der Waals surface area contributed by atoms with E-state index in [1.54, 1.807) is 6.20 Å². The van der Waals surface area contributed by atoms with Gasteiger partial charge in [0.1, 0.15) is 5.82 Å². The highest BCUT2D eigenvalue weighted by molar-refractivity contribution is 8.00. The molecule has 2 N–H and O–H groups in total. The summed E-state index contributed by atoms with van der Waals surface area (Å²) in [4.78, 5) is 25.5. The predicted molar refractivity (Wildman–Crippen MR) is 109 cm³/mol. The van der Waals surface area contributed by atoms with Crippen LogP contribution in [0.25, 0.3) is 0 Å². The lowest BCUT2D eigenvalue weighted by Crippen LogP contribution is -2.36. The van der Waals surface area contributed by atoms with Crippen molar-refractivity contribution in [2.45, 2.75) is 63.5 Å². The summed E-state index contributed by atoms with van der Waals surface area (Å²) in [5.41, 5.74) is 1.11. The number of thioether (sulfide) groups is 1. The summed E-state index contributed by atoms with van der Waals surface area (Å²) in [5, 5.41) is 10.1. The third kappa shape index (κ3) is 3.41. The van der Waals surface area contributed by atoms with Crippen molar-refractivity contribution in [1.29, 1.82) is 0 Å². The second-order valence-electron chi connectivity index (χ2n) is 8.36. The zero-order chi connectivity index (χ0) is 20.1. The second-order valence-corrected chi connectivity index (χ2v) is 9.46. The maximum Gasteiger partial charge on any atom is 0.271 e. The summed E-state index contributed by atoms with van der Waals surface area (Å²) in [6, 6.07) is 2.17. The van der Waals surface area contributed by atoms with E-state index in [0.717, 1.165) is 18.5 Å². The highest BCUT2D eigenvalue weighted by atomic mass is 32.2. The van der Waals surface area contributed by atoms with Crippen molar-refractivity contribution in [3.63, 3.8) is 0 Å². The van der Waals surface area contributed by atoms with Crippen molar-refractivity contribution in [2.24, 2.45) is 0 Å². The lowest BCUT2D eigenvalue weighted by atomic mass is 9.94. The fraction of sp³-hybridized carbons (Fsp3) is 0.632. The van der Waals surface area contributed by atoms with Crippen LogP contribution in [0.4, 0.5) is 5.82 Å². The highest BCUT2D eigenvalue weighted by Crippen LogP contribution is 2.42. The van der Waals surface area contributed by atoms with Gasteiger partial charge in [-0.2, -0.15) is 5.10 Å². The fourth-order valence-electron chi connectivity index (χ4n) is 4.13. The van der Waals surface area contributed by atoms with Gasteiger partial charge in [0.2, 0.25) is 5.91 Å². The van der Waals surface area contributed by atoms with Crippen molar-refractivity contribution in [1.82, 2.24) is 19.6 Å². The van der Waals surface area contributed by atoms with Crippen LogP contribution in [0.1, 0.15) is 69.1 Å². The minimum atomic E-state index is -0.268. The number of hydrogen-bond acceptors (Lipinski definition) is 5. The lowest BCUT2D eigenvalue weighted by molar-refractivity contribution is -0.113. The number of nitrogens with zero attached hydrogens (tertiary/aromatic N) is 3. The average molecular weight is 406 g/mol. The number of carbonyl (C=O) groups excluding carboxylic acids is 1. The molecule has 28 heavy (non-hydrogen) atoms. The molecule has 8 nitrogen and oxygen atoms in total. The topological polar surface area (TPSA) is 93.9 Å². The molecular formula is C19H27N5O3S. The molecule has 0 saturated carbocycles. The van der Waals surface area contributed by atoms with Gasteiger partial charge in [0.25, 0.3) is 5.56 Å². The minimum Gasteiger partial charge on any atom is -0.375 e. The van der Waals surface area contributed by atoms with Crippen LogP contribution in [0.3, 0.4) is 0 Å². The van der Waals surface area contributed by atoms with Crippen molar-refractivity contribution in [3.05, 3.63) is 33.9 Å². The first kappa shape index (κ1) is 19.3. The molecule has 1 saturated heterocycles. The molecule has 1 fully saturated rings. The first-order chi connectivity index (χ1) is 13.3. The number of fused-ring (bicyclic) bond motifs is 1. The third-order valence-electron chi connectivity index (χ3n) is 5.36. The van der Waals surface area contributed by atoms with Gasteiger partial charge in [0, 0.05) is 18.8 Å². The summed E-state index contributed by atoms with van der Waals surface area (Å²) >= 11 is 1.47. The Morgan fingerprint density at radius 1 is 1.36 bits per heavy atom. The summed E-state index contributed by atoms with van der Waals surface area (Å²) in [5.74, 6) is 0.786. The van der Waals surface area contributed by atoms with Gasteiger partial charge in [0.15, 0.2) is 0 Å². The van der Waals surface area contributed by atoms with Crippen LogP contribution in [0.2, 0.25) is 0 Å². The number of aromatic amines is 1. The van der Waals surface area contributed by atoms with Gasteiger partial charge in [-0.3, -0.25) is 24.1 Å². The fourth-order valence-corrected chi connectivity index (χ4v) is 5.27. The Bertz CT molecular complexity index is 942. The molecule has 2 aliphatic rings. The molecule has 4 heterocycles. The van der Waals surface area contributed by atoms with Gasteiger partial charge in [-0.15, -0.1) is 11.8 Å². The van der Waals surface area contributed by atoms with Gasteiger partial charge in [0.05, 0.1) is 33.9 Å². The molecule has 0 unspecified atom stereocenters. The molecule has 0 aromatic carbocycles. The Morgan fingerprint density at radius 2 is 2.14 bits per heavy atom. The Morgan fingerprint density at radius 3 is 2.86 bits per heavy atom. The van der Waals surface area contributed by atoms with Crippen molar-refractivity contribution < 1.29 is 9.53 Å². The highest BCUT2D eigenvalue weighted by Gasteiger charge is 2.36. The Balaban J connectivity index is 1.82. The Hall–Kier alpha value is -2.00. The van der Waals surface area contributed by atoms with E-state index >= 15 is 0 Å². The zero-order valence-electron chi connectivity index (χ0n) is 16.7. The van der Waals surface area contributed by atoms with Gasteiger partial charge < -0.3 is 10.1 Å². The van der Waals surface area contributed by atoms with Crippen LogP contribution in [0, 0.1) is 0 Å². The number of aromatic nitrogens is 4. The summed E-state index contributed by atoms with van der Waals surface area (Å²) in [6.07, 6.45) is 3.31. The molecule has 4 rings (SSSR count). The Kier molecular flexibility index (Phi) is 4.91. The van der Waals surface area contributed by atoms with Crippen LogP contribution in [-0.2, 0) is 9.53 Å². The number of nitrogens with one attached hydrogen (secondary N) is 2. The van der Waals surface area contributed by atoms with E-state index in [1.807, 2.05) is 15.4 Å². The largest absolute Gasteiger partial charge is 0.375 e. The molecule has 0 spiro atoms. The lowest BCUT2D eigenvalue weighted by Gasteiger charge is -2.36. The Labute approximate surface area is 168 Å². The molecule has 1 amide bonds. The van der Waals surface area contributed by atoms with Crippen LogP contribution in [0.5, 0.6) is 0 Å². The maximum atomic E-state index is 13.0. The molecular weight excluding hydrogens is 378 g/mol. The van der Waals surface area contributed by atoms with E-state index in [1.165, 1.54) is 11.8 Å². The third-order valence-corrected chi connectivity index (χ3v) is 6.60. The molecule has 0 aliphatic carbocycles.